The zero-order valence-electron chi connectivity index (χ0n) is 11.9. The lowest BCUT2D eigenvalue weighted by Crippen LogP contribution is -2.43. The highest BCUT2D eigenvalue weighted by molar-refractivity contribution is 5.80. The molecule has 0 bridgehead atoms. The second-order valence-electron chi connectivity index (χ2n) is 5.00. The number of nitrogens with two attached hydrogens (primary N) is 1. The van der Waals surface area contributed by atoms with Crippen molar-refractivity contribution < 1.29 is 0 Å². The Morgan fingerprint density at radius 1 is 1.32 bits per heavy atom. The van der Waals surface area contributed by atoms with Crippen LogP contribution >= 0.6 is 0 Å². The second kappa shape index (κ2) is 5.78. The molecule has 1 aromatic carbocycles. The van der Waals surface area contributed by atoms with Gasteiger partial charge in [0, 0.05) is 20.6 Å². The van der Waals surface area contributed by atoms with Crippen molar-refractivity contribution in [2.24, 2.45) is 10.7 Å². The average molecular weight is 258 g/mol. The van der Waals surface area contributed by atoms with Gasteiger partial charge in [0.2, 0.25) is 0 Å². The van der Waals surface area contributed by atoms with Gasteiger partial charge in [-0.2, -0.15) is 4.99 Å². The van der Waals surface area contributed by atoms with Gasteiger partial charge in [0.1, 0.15) is 5.82 Å². The highest BCUT2D eigenvalue weighted by Gasteiger charge is 2.17. The van der Waals surface area contributed by atoms with E-state index >= 15 is 0 Å². The molecule has 0 aliphatic carbocycles. The molecule has 0 spiro atoms. The molecule has 19 heavy (non-hydrogen) atoms. The smallest absolute Gasteiger partial charge is 0.198 e. The van der Waals surface area contributed by atoms with E-state index in [0.717, 1.165) is 18.8 Å². The standard InChI is InChI=1S/C15H22N4/c1-12-11-14(17-15(16)19(12)3)18(2)10-9-13-7-5-4-6-8-13/h4-8,11-12H,9-10H2,1-3H3,(H2,16,17). The molecule has 4 nitrogen and oxygen atoms in total. The van der Waals surface area contributed by atoms with Crippen molar-refractivity contribution in [1.29, 1.82) is 0 Å². The number of rotatable bonds is 4. The molecular formula is C15H22N4. The van der Waals surface area contributed by atoms with Crippen LogP contribution in [0.25, 0.3) is 0 Å². The van der Waals surface area contributed by atoms with Gasteiger partial charge >= 0.3 is 0 Å². The summed E-state index contributed by atoms with van der Waals surface area (Å²) in [7, 11) is 4.02. The van der Waals surface area contributed by atoms with E-state index < -0.39 is 0 Å². The van der Waals surface area contributed by atoms with Gasteiger partial charge in [0.25, 0.3) is 0 Å². The number of hydrogen-bond acceptors (Lipinski definition) is 4. The molecule has 4 heteroatoms. The summed E-state index contributed by atoms with van der Waals surface area (Å²) >= 11 is 0. The van der Waals surface area contributed by atoms with Crippen molar-refractivity contribution >= 4 is 5.96 Å². The largest absolute Gasteiger partial charge is 0.369 e. The van der Waals surface area contributed by atoms with E-state index in [4.69, 9.17) is 5.73 Å². The van der Waals surface area contributed by atoms with Crippen LogP contribution in [0.15, 0.2) is 47.2 Å². The fourth-order valence-corrected chi connectivity index (χ4v) is 2.04. The Morgan fingerprint density at radius 2 is 2.00 bits per heavy atom. The third-order valence-electron chi connectivity index (χ3n) is 3.56. The number of benzene rings is 1. The first kappa shape index (κ1) is 13.5. The Morgan fingerprint density at radius 3 is 2.63 bits per heavy atom. The number of hydrogen-bond donors (Lipinski definition) is 1. The van der Waals surface area contributed by atoms with Crippen LogP contribution in [0.3, 0.4) is 0 Å². The normalized spacial score (nSPS) is 18.9. The van der Waals surface area contributed by atoms with Crippen LogP contribution in [0, 0.1) is 0 Å². The molecule has 1 aliphatic rings. The molecule has 1 atom stereocenters. The first-order valence-electron chi connectivity index (χ1n) is 6.62. The minimum absolute atomic E-state index is 0.284. The zero-order valence-corrected chi connectivity index (χ0v) is 11.9. The lowest BCUT2D eigenvalue weighted by Gasteiger charge is -2.31. The molecule has 0 fully saturated rings. The maximum Gasteiger partial charge on any atom is 0.198 e. The van der Waals surface area contributed by atoms with E-state index in [0.29, 0.717) is 5.96 Å². The predicted octanol–water partition coefficient (Wildman–Crippen LogP) is 1.65. The summed E-state index contributed by atoms with van der Waals surface area (Å²) < 4.78 is 0. The van der Waals surface area contributed by atoms with Crippen LogP contribution in [0.2, 0.25) is 0 Å². The van der Waals surface area contributed by atoms with E-state index in [1.807, 2.05) is 18.0 Å². The van der Waals surface area contributed by atoms with Crippen LogP contribution in [0.1, 0.15) is 12.5 Å². The quantitative estimate of drug-likeness (QED) is 0.893. The Labute approximate surface area is 115 Å². The van der Waals surface area contributed by atoms with E-state index in [1.165, 1.54) is 5.56 Å². The van der Waals surface area contributed by atoms with Crippen molar-refractivity contribution in [1.82, 2.24) is 9.80 Å². The molecular weight excluding hydrogens is 236 g/mol. The van der Waals surface area contributed by atoms with Crippen LogP contribution < -0.4 is 5.73 Å². The van der Waals surface area contributed by atoms with Gasteiger partial charge in [0.05, 0.1) is 6.04 Å². The molecule has 102 valence electrons. The third-order valence-corrected chi connectivity index (χ3v) is 3.56. The van der Waals surface area contributed by atoms with Crippen LogP contribution in [-0.2, 0) is 6.42 Å². The maximum atomic E-state index is 5.91. The molecule has 2 rings (SSSR count). The molecule has 0 aromatic heterocycles. The van der Waals surface area contributed by atoms with Crippen molar-refractivity contribution in [2.75, 3.05) is 20.6 Å². The van der Waals surface area contributed by atoms with Crippen molar-refractivity contribution in [3.8, 4) is 0 Å². The summed E-state index contributed by atoms with van der Waals surface area (Å²) in [5.41, 5.74) is 7.25. The molecule has 0 saturated heterocycles. The summed E-state index contributed by atoms with van der Waals surface area (Å²) in [6.07, 6.45) is 3.15. The van der Waals surface area contributed by atoms with E-state index in [9.17, 15) is 0 Å². The van der Waals surface area contributed by atoms with Gasteiger partial charge in [-0.25, -0.2) is 0 Å². The van der Waals surface area contributed by atoms with Gasteiger partial charge in [-0.15, -0.1) is 0 Å². The van der Waals surface area contributed by atoms with E-state index in [1.54, 1.807) is 0 Å². The number of guanidine groups is 1. The second-order valence-corrected chi connectivity index (χ2v) is 5.00. The summed E-state index contributed by atoms with van der Waals surface area (Å²) in [6.45, 7) is 3.05. The zero-order chi connectivity index (χ0) is 13.8. The first-order chi connectivity index (χ1) is 9.08. The highest BCUT2D eigenvalue weighted by Crippen LogP contribution is 2.14. The summed E-state index contributed by atoms with van der Waals surface area (Å²) in [5, 5.41) is 0. The van der Waals surface area contributed by atoms with Gasteiger partial charge in [-0.1, -0.05) is 30.3 Å². The van der Waals surface area contributed by atoms with E-state index in [-0.39, 0.29) is 6.04 Å². The number of likely N-dealkylation sites (N-methyl/N-ethyl adjacent to an activating group) is 2. The fourth-order valence-electron chi connectivity index (χ4n) is 2.04. The van der Waals surface area contributed by atoms with Crippen LogP contribution in [0.5, 0.6) is 0 Å². The van der Waals surface area contributed by atoms with Crippen LogP contribution in [0.4, 0.5) is 0 Å². The first-order valence-corrected chi connectivity index (χ1v) is 6.62. The van der Waals surface area contributed by atoms with Crippen LogP contribution in [-0.4, -0.2) is 42.4 Å². The lowest BCUT2D eigenvalue weighted by molar-refractivity contribution is 0.377. The summed E-state index contributed by atoms with van der Waals surface area (Å²) in [6, 6.07) is 10.8. The number of nitrogens with zero attached hydrogens (tertiary/aromatic N) is 3. The Kier molecular flexibility index (Phi) is 4.10. The van der Waals surface area contributed by atoms with Gasteiger partial charge in [-0.05, 0) is 25.0 Å². The average Bonchev–Trinajstić information content (AvgIpc) is 2.42. The van der Waals surface area contributed by atoms with Gasteiger partial charge in [-0.3, -0.25) is 0 Å². The molecule has 1 aromatic rings. The maximum absolute atomic E-state index is 5.91. The molecule has 1 heterocycles. The molecule has 1 unspecified atom stereocenters. The third kappa shape index (κ3) is 3.28. The highest BCUT2D eigenvalue weighted by atomic mass is 15.3. The Hall–Kier alpha value is -1.97. The fraction of sp³-hybridized carbons (Fsp3) is 0.400. The van der Waals surface area contributed by atoms with Gasteiger partial charge < -0.3 is 15.5 Å². The minimum atomic E-state index is 0.284. The monoisotopic (exact) mass is 258 g/mol. The van der Waals surface area contributed by atoms with E-state index in [2.05, 4.69) is 54.2 Å². The number of aliphatic imine (C=N–C) groups is 1. The Bertz CT molecular complexity index is 478. The molecule has 0 saturated carbocycles. The lowest BCUT2D eigenvalue weighted by atomic mass is 10.1. The van der Waals surface area contributed by atoms with Gasteiger partial charge in [0.15, 0.2) is 5.96 Å². The molecule has 0 amide bonds. The minimum Gasteiger partial charge on any atom is -0.369 e. The predicted molar refractivity (Wildman–Crippen MR) is 79.7 cm³/mol. The Balaban J connectivity index is 1.97. The molecule has 1 aliphatic heterocycles. The summed E-state index contributed by atoms with van der Waals surface area (Å²) in [5.74, 6) is 1.54. The molecule has 0 radical (unpaired) electrons. The summed E-state index contributed by atoms with van der Waals surface area (Å²) in [4.78, 5) is 8.56. The topological polar surface area (TPSA) is 44.9 Å². The SMILES string of the molecule is CC1C=C(N(C)CCc2ccccc2)N=C(N)N1C. The van der Waals surface area contributed by atoms with Crippen molar-refractivity contribution in [2.45, 2.75) is 19.4 Å². The van der Waals surface area contributed by atoms with Crippen molar-refractivity contribution in [3.63, 3.8) is 0 Å². The molecule has 2 N–H and O–H groups in total. The van der Waals surface area contributed by atoms with Crippen molar-refractivity contribution in [3.05, 3.63) is 47.8 Å².